The number of ether oxygens (including phenoxy) is 1. The first-order valence-electron chi connectivity index (χ1n) is 8.36. The molecule has 3 rings (SSSR count). The second-order valence-corrected chi connectivity index (χ2v) is 7.75. The Balaban J connectivity index is 2.15. The summed E-state index contributed by atoms with van der Waals surface area (Å²) >= 11 is 1.50. The highest BCUT2D eigenvalue weighted by atomic mass is 32.2. The fourth-order valence-corrected chi connectivity index (χ4v) is 3.51. The fraction of sp³-hybridized carbons (Fsp3) is 0.250. The number of halogens is 3. The maximum atomic E-state index is 13.2. The second-order valence-electron chi connectivity index (χ2n) is 6.20. The molecule has 0 spiro atoms. The number of imidazole rings is 1. The van der Waals surface area contributed by atoms with Gasteiger partial charge in [0.25, 0.3) is 0 Å². The number of nitrogens with zero attached hydrogens (tertiary/aromatic N) is 2. The highest BCUT2D eigenvalue weighted by Gasteiger charge is 2.31. The van der Waals surface area contributed by atoms with Crippen molar-refractivity contribution in [3.8, 4) is 22.7 Å². The second kappa shape index (κ2) is 7.68. The molecule has 0 unspecified atom stereocenters. The molecule has 27 heavy (non-hydrogen) atoms. The van der Waals surface area contributed by atoms with Crippen LogP contribution in [0, 0.1) is 0 Å². The van der Waals surface area contributed by atoms with Gasteiger partial charge in [-0.2, -0.15) is 13.2 Å². The third-order valence-corrected chi connectivity index (χ3v) is 4.86. The van der Waals surface area contributed by atoms with E-state index in [4.69, 9.17) is 4.74 Å². The lowest BCUT2D eigenvalue weighted by Crippen LogP contribution is -2.07. The van der Waals surface area contributed by atoms with E-state index in [2.05, 4.69) is 4.98 Å². The highest BCUT2D eigenvalue weighted by molar-refractivity contribution is 7.99. The van der Waals surface area contributed by atoms with Crippen molar-refractivity contribution in [1.82, 2.24) is 9.55 Å². The van der Waals surface area contributed by atoms with Crippen LogP contribution in [0.25, 0.3) is 16.9 Å². The van der Waals surface area contributed by atoms with Crippen LogP contribution in [-0.4, -0.2) is 21.9 Å². The van der Waals surface area contributed by atoms with Crippen molar-refractivity contribution in [2.45, 2.75) is 30.4 Å². The van der Waals surface area contributed by atoms with Crippen LogP contribution in [-0.2, 0) is 6.18 Å². The van der Waals surface area contributed by atoms with Gasteiger partial charge in [0.1, 0.15) is 5.75 Å². The van der Waals surface area contributed by atoms with E-state index < -0.39 is 11.7 Å². The standard InChI is InChI=1S/C20H19F3N2OS/c1-13(2)27-19-24-12-18(14-7-9-17(26-3)10-8-14)25(19)16-6-4-5-15(11-16)20(21,22)23/h4-13H,1-3H3. The molecule has 0 fully saturated rings. The first-order chi connectivity index (χ1) is 12.8. The van der Waals surface area contributed by atoms with Crippen LogP contribution in [0.1, 0.15) is 19.4 Å². The quantitative estimate of drug-likeness (QED) is 0.493. The van der Waals surface area contributed by atoms with Crippen LogP contribution in [0.3, 0.4) is 0 Å². The third kappa shape index (κ3) is 4.30. The topological polar surface area (TPSA) is 27.1 Å². The summed E-state index contributed by atoms with van der Waals surface area (Å²) in [6, 6.07) is 12.7. The lowest BCUT2D eigenvalue weighted by Gasteiger charge is -2.15. The summed E-state index contributed by atoms with van der Waals surface area (Å²) in [6.07, 6.45) is -2.71. The third-order valence-electron chi connectivity index (χ3n) is 3.89. The zero-order valence-electron chi connectivity index (χ0n) is 15.1. The summed E-state index contributed by atoms with van der Waals surface area (Å²) < 4.78 is 46.5. The summed E-state index contributed by atoms with van der Waals surface area (Å²) in [6.45, 7) is 4.03. The van der Waals surface area contributed by atoms with Gasteiger partial charge in [-0.1, -0.05) is 31.7 Å². The molecule has 0 aliphatic rings. The van der Waals surface area contributed by atoms with Crippen molar-refractivity contribution in [3.63, 3.8) is 0 Å². The molecule has 1 heterocycles. The molecular formula is C20H19F3N2OS. The van der Waals surface area contributed by atoms with Gasteiger partial charge in [0.15, 0.2) is 5.16 Å². The smallest absolute Gasteiger partial charge is 0.416 e. The molecule has 0 bridgehead atoms. The summed E-state index contributed by atoms with van der Waals surface area (Å²) in [5.74, 6) is 0.709. The van der Waals surface area contributed by atoms with E-state index in [9.17, 15) is 13.2 Å². The zero-order valence-corrected chi connectivity index (χ0v) is 15.9. The van der Waals surface area contributed by atoms with E-state index in [1.807, 2.05) is 38.1 Å². The van der Waals surface area contributed by atoms with Crippen LogP contribution in [0.2, 0.25) is 0 Å². The molecule has 1 aromatic heterocycles. The number of rotatable bonds is 5. The van der Waals surface area contributed by atoms with E-state index >= 15 is 0 Å². The van der Waals surface area contributed by atoms with Crippen LogP contribution in [0.4, 0.5) is 13.2 Å². The Kier molecular flexibility index (Phi) is 5.51. The van der Waals surface area contributed by atoms with E-state index in [1.54, 1.807) is 23.9 Å². The predicted octanol–water partition coefficient (Wildman–Crippen LogP) is 6.07. The number of hydrogen-bond acceptors (Lipinski definition) is 3. The molecule has 0 amide bonds. The normalized spacial score (nSPS) is 11.8. The molecule has 3 nitrogen and oxygen atoms in total. The molecule has 2 aromatic carbocycles. The number of methoxy groups -OCH3 is 1. The van der Waals surface area contributed by atoms with Gasteiger partial charge in [-0.3, -0.25) is 4.57 Å². The zero-order chi connectivity index (χ0) is 19.6. The molecule has 0 aliphatic heterocycles. The fourth-order valence-electron chi connectivity index (χ4n) is 2.67. The first-order valence-corrected chi connectivity index (χ1v) is 9.24. The Hall–Kier alpha value is -2.41. The van der Waals surface area contributed by atoms with Gasteiger partial charge in [-0.25, -0.2) is 4.98 Å². The summed E-state index contributed by atoms with van der Waals surface area (Å²) in [5.41, 5.74) is 1.31. The number of hydrogen-bond donors (Lipinski definition) is 0. The molecule has 142 valence electrons. The Morgan fingerprint density at radius 2 is 1.78 bits per heavy atom. The van der Waals surface area contributed by atoms with E-state index in [1.165, 1.54) is 17.8 Å². The van der Waals surface area contributed by atoms with Crippen LogP contribution < -0.4 is 4.74 Å². The minimum absolute atomic E-state index is 0.237. The molecule has 7 heteroatoms. The minimum atomic E-state index is -4.40. The monoisotopic (exact) mass is 392 g/mol. The van der Waals surface area contributed by atoms with Crippen LogP contribution in [0.5, 0.6) is 5.75 Å². The van der Waals surface area contributed by atoms with E-state index in [-0.39, 0.29) is 5.25 Å². The summed E-state index contributed by atoms with van der Waals surface area (Å²) in [4.78, 5) is 4.46. The Labute approximate surface area is 160 Å². The predicted molar refractivity (Wildman–Crippen MR) is 102 cm³/mol. The maximum Gasteiger partial charge on any atom is 0.416 e. The molecule has 0 atom stereocenters. The average molecular weight is 392 g/mol. The first kappa shape index (κ1) is 19.4. The largest absolute Gasteiger partial charge is 0.497 e. The van der Waals surface area contributed by atoms with Crippen LogP contribution >= 0.6 is 11.8 Å². The van der Waals surface area contributed by atoms with Crippen molar-refractivity contribution in [3.05, 3.63) is 60.3 Å². The number of thioether (sulfide) groups is 1. The van der Waals surface area contributed by atoms with Gasteiger partial charge < -0.3 is 4.74 Å². The van der Waals surface area contributed by atoms with Crippen molar-refractivity contribution >= 4 is 11.8 Å². The van der Waals surface area contributed by atoms with E-state index in [0.29, 0.717) is 16.6 Å². The molecule has 0 N–H and O–H groups in total. The number of aromatic nitrogens is 2. The lowest BCUT2D eigenvalue weighted by molar-refractivity contribution is -0.137. The van der Waals surface area contributed by atoms with Crippen molar-refractivity contribution < 1.29 is 17.9 Å². The lowest BCUT2D eigenvalue weighted by atomic mass is 10.1. The molecule has 3 aromatic rings. The van der Waals surface area contributed by atoms with E-state index in [0.717, 1.165) is 23.4 Å². The van der Waals surface area contributed by atoms with Gasteiger partial charge in [0, 0.05) is 16.5 Å². The Bertz CT molecular complexity index is 918. The SMILES string of the molecule is COc1ccc(-c2cnc(SC(C)C)n2-c2cccc(C(F)(F)F)c2)cc1. The number of alkyl halides is 3. The van der Waals surface area contributed by atoms with Gasteiger partial charge in [-0.05, 0) is 42.5 Å². The molecular weight excluding hydrogens is 373 g/mol. The Morgan fingerprint density at radius 3 is 2.37 bits per heavy atom. The van der Waals surface area contributed by atoms with Gasteiger partial charge in [0.05, 0.1) is 24.6 Å². The molecule has 0 aliphatic carbocycles. The van der Waals surface area contributed by atoms with Crippen LogP contribution in [0.15, 0.2) is 59.9 Å². The van der Waals surface area contributed by atoms with Crippen molar-refractivity contribution in [1.29, 1.82) is 0 Å². The number of benzene rings is 2. The molecule has 0 radical (unpaired) electrons. The van der Waals surface area contributed by atoms with Crippen molar-refractivity contribution in [2.24, 2.45) is 0 Å². The van der Waals surface area contributed by atoms with Gasteiger partial charge in [-0.15, -0.1) is 0 Å². The molecule has 0 saturated heterocycles. The van der Waals surface area contributed by atoms with Gasteiger partial charge >= 0.3 is 6.18 Å². The molecule has 0 saturated carbocycles. The van der Waals surface area contributed by atoms with Crippen molar-refractivity contribution in [2.75, 3.05) is 7.11 Å². The minimum Gasteiger partial charge on any atom is -0.497 e. The summed E-state index contributed by atoms with van der Waals surface area (Å²) in [7, 11) is 1.58. The average Bonchev–Trinajstić information content (AvgIpc) is 3.04. The Morgan fingerprint density at radius 1 is 1.07 bits per heavy atom. The maximum absolute atomic E-state index is 13.2. The van der Waals surface area contributed by atoms with Gasteiger partial charge in [0.2, 0.25) is 0 Å². The highest BCUT2D eigenvalue weighted by Crippen LogP contribution is 2.35. The summed E-state index contributed by atoms with van der Waals surface area (Å²) in [5, 5.41) is 0.885.